The third kappa shape index (κ3) is 3.72. The maximum Gasteiger partial charge on any atom is 0.341 e. The largest absolute Gasteiger partial charge is 0.462 e. The number of ether oxygens (including phenoxy) is 1. The second-order valence-corrected chi connectivity index (χ2v) is 7.13. The van der Waals surface area contributed by atoms with Crippen molar-refractivity contribution in [3.05, 3.63) is 35.9 Å². The summed E-state index contributed by atoms with van der Waals surface area (Å²) in [6, 6.07) is 2.04. The maximum absolute atomic E-state index is 12.6. The first-order valence-electron chi connectivity index (χ1n) is 9.86. The SMILES string of the molecule is CCOC(=O)c1cnc2c(c(C)nn2C)c1NC1CCN(c2ncccn2)CC1. The van der Waals surface area contributed by atoms with Crippen molar-refractivity contribution in [2.45, 2.75) is 32.7 Å². The molecule has 1 saturated heterocycles. The zero-order valence-corrected chi connectivity index (χ0v) is 16.9. The number of nitrogens with one attached hydrogen (secondary N) is 1. The Morgan fingerprint density at radius 1 is 1.24 bits per heavy atom. The minimum atomic E-state index is -0.372. The summed E-state index contributed by atoms with van der Waals surface area (Å²) >= 11 is 0. The average molecular weight is 395 g/mol. The molecule has 0 bridgehead atoms. The monoisotopic (exact) mass is 395 g/mol. The van der Waals surface area contributed by atoms with Gasteiger partial charge in [-0.15, -0.1) is 0 Å². The van der Waals surface area contributed by atoms with E-state index >= 15 is 0 Å². The Balaban J connectivity index is 1.60. The Morgan fingerprint density at radius 3 is 2.66 bits per heavy atom. The van der Waals surface area contributed by atoms with Gasteiger partial charge < -0.3 is 15.0 Å². The number of fused-ring (bicyclic) bond motifs is 1. The number of hydrogen-bond acceptors (Lipinski definition) is 8. The van der Waals surface area contributed by atoms with Crippen LogP contribution in [-0.2, 0) is 11.8 Å². The van der Waals surface area contributed by atoms with Gasteiger partial charge in [-0.25, -0.2) is 19.7 Å². The third-order valence-electron chi connectivity index (χ3n) is 5.20. The Kier molecular flexibility index (Phi) is 5.28. The summed E-state index contributed by atoms with van der Waals surface area (Å²) in [5.74, 6) is 0.385. The number of hydrogen-bond donors (Lipinski definition) is 1. The van der Waals surface area contributed by atoms with E-state index in [1.807, 2.05) is 20.0 Å². The lowest BCUT2D eigenvalue weighted by molar-refractivity contribution is 0.0527. The van der Waals surface area contributed by atoms with Crippen LogP contribution in [0.4, 0.5) is 11.6 Å². The second-order valence-electron chi connectivity index (χ2n) is 7.13. The molecule has 0 amide bonds. The van der Waals surface area contributed by atoms with Crippen molar-refractivity contribution in [1.82, 2.24) is 24.7 Å². The smallest absolute Gasteiger partial charge is 0.341 e. The lowest BCUT2D eigenvalue weighted by atomic mass is 10.0. The molecule has 0 aromatic carbocycles. The first kappa shape index (κ1) is 19.1. The van der Waals surface area contributed by atoms with Crippen LogP contribution in [0.3, 0.4) is 0 Å². The second kappa shape index (κ2) is 8.02. The summed E-state index contributed by atoms with van der Waals surface area (Å²) < 4.78 is 6.99. The van der Waals surface area contributed by atoms with E-state index in [4.69, 9.17) is 4.74 Å². The highest BCUT2D eigenvalue weighted by molar-refractivity contribution is 6.05. The number of anilines is 2. The normalized spacial score (nSPS) is 14.9. The highest BCUT2D eigenvalue weighted by Gasteiger charge is 2.26. The molecule has 1 aliphatic heterocycles. The van der Waals surface area contributed by atoms with E-state index in [0.29, 0.717) is 12.2 Å². The molecule has 29 heavy (non-hydrogen) atoms. The molecule has 0 saturated carbocycles. The zero-order valence-electron chi connectivity index (χ0n) is 16.9. The highest BCUT2D eigenvalue weighted by atomic mass is 16.5. The topological polar surface area (TPSA) is 98.1 Å². The fourth-order valence-corrected chi connectivity index (χ4v) is 3.81. The molecular weight excluding hydrogens is 370 g/mol. The lowest BCUT2D eigenvalue weighted by Gasteiger charge is -2.33. The van der Waals surface area contributed by atoms with Crippen LogP contribution in [0.2, 0.25) is 0 Å². The molecule has 0 radical (unpaired) electrons. The summed E-state index contributed by atoms with van der Waals surface area (Å²) in [6.45, 7) is 5.73. The number of carbonyl (C=O) groups excluding carboxylic acids is 1. The molecule has 0 spiro atoms. The number of aromatic nitrogens is 5. The van der Waals surface area contributed by atoms with Crippen LogP contribution >= 0.6 is 0 Å². The predicted octanol–water partition coefficient (Wildman–Crippen LogP) is 2.32. The fraction of sp³-hybridized carbons (Fsp3) is 0.450. The third-order valence-corrected chi connectivity index (χ3v) is 5.20. The van der Waals surface area contributed by atoms with Crippen LogP contribution in [0.5, 0.6) is 0 Å². The molecule has 3 aromatic rings. The van der Waals surface area contributed by atoms with Crippen LogP contribution in [0.15, 0.2) is 24.7 Å². The molecule has 152 valence electrons. The van der Waals surface area contributed by atoms with Gasteiger partial charge in [-0.3, -0.25) is 4.68 Å². The van der Waals surface area contributed by atoms with E-state index in [9.17, 15) is 4.79 Å². The Labute approximate surface area is 169 Å². The van der Waals surface area contributed by atoms with Crippen molar-refractivity contribution < 1.29 is 9.53 Å². The van der Waals surface area contributed by atoms with Crippen molar-refractivity contribution in [3.63, 3.8) is 0 Å². The van der Waals surface area contributed by atoms with Gasteiger partial charge in [0.2, 0.25) is 5.95 Å². The van der Waals surface area contributed by atoms with Gasteiger partial charge in [0.1, 0.15) is 5.56 Å². The molecule has 9 nitrogen and oxygen atoms in total. The van der Waals surface area contributed by atoms with E-state index in [-0.39, 0.29) is 12.0 Å². The first-order valence-corrected chi connectivity index (χ1v) is 9.86. The quantitative estimate of drug-likeness (QED) is 0.657. The summed E-state index contributed by atoms with van der Waals surface area (Å²) in [7, 11) is 1.86. The highest BCUT2D eigenvalue weighted by Crippen LogP contribution is 2.31. The Bertz CT molecular complexity index is 1010. The predicted molar refractivity (Wildman–Crippen MR) is 110 cm³/mol. The molecule has 1 aliphatic rings. The molecule has 0 unspecified atom stereocenters. The van der Waals surface area contributed by atoms with Gasteiger partial charge in [0.25, 0.3) is 0 Å². The van der Waals surface area contributed by atoms with E-state index in [2.05, 4.69) is 30.3 Å². The van der Waals surface area contributed by atoms with Crippen molar-refractivity contribution in [2.75, 3.05) is 29.9 Å². The molecular formula is C20H25N7O2. The lowest BCUT2D eigenvalue weighted by Crippen LogP contribution is -2.40. The number of carbonyl (C=O) groups is 1. The van der Waals surface area contributed by atoms with Crippen LogP contribution in [0.1, 0.15) is 35.8 Å². The molecule has 1 N–H and O–H groups in total. The first-order chi connectivity index (χ1) is 14.1. The number of aryl methyl sites for hydroxylation is 2. The van der Waals surface area contributed by atoms with Crippen LogP contribution in [0, 0.1) is 6.92 Å². The summed E-state index contributed by atoms with van der Waals surface area (Å²) in [5, 5.41) is 8.94. The summed E-state index contributed by atoms with van der Waals surface area (Å²) in [4.78, 5) is 27.9. The number of rotatable bonds is 5. The zero-order chi connectivity index (χ0) is 20.4. The molecule has 4 rings (SSSR count). The average Bonchev–Trinajstić information content (AvgIpc) is 3.03. The van der Waals surface area contributed by atoms with Gasteiger partial charge in [-0.05, 0) is 32.8 Å². The van der Waals surface area contributed by atoms with Crippen LogP contribution in [-0.4, -0.2) is 56.4 Å². The summed E-state index contributed by atoms with van der Waals surface area (Å²) in [6.07, 6.45) is 6.92. The van der Waals surface area contributed by atoms with E-state index < -0.39 is 0 Å². The summed E-state index contributed by atoms with van der Waals surface area (Å²) in [5.41, 5.74) is 2.78. The number of pyridine rings is 1. The van der Waals surface area contributed by atoms with Gasteiger partial charge in [-0.2, -0.15) is 5.10 Å². The van der Waals surface area contributed by atoms with Gasteiger partial charge in [0.05, 0.1) is 23.4 Å². The molecule has 4 heterocycles. The van der Waals surface area contributed by atoms with Gasteiger partial charge in [0.15, 0.2) is 5.65 Å². The van der Waals surface area contributed by atoms with Crippen LogP contribution in [0.25, 0.3) is 11.0 Å². The van der Waals surface area contributed by atoms with Crippen molar-refractivity contribution in [1.29, 1.82) is 0 Å². The number of esters is 1. The van der Waals surface area contributed by atoms with Gasteiger partial charge in [0, 0.05) is 44.8 Å². The Hall–Kier alpha value is -3.23. The Morgan fingerprint density at radius 2 is 1.97 bits per heavy atom. The van der Waals surface area contributed by atoms with E-state index in [1.54, 1.807) is 30.2 Å². The minimum Gasteiger partial charge on any atom is -0.462 e. The maximum atomic E-state index is 12.6. The van der Waals surface area contributed by atoms with Crippen LogP contribution < -0.4 is 10.2 Å². The van der Waals surface area contributed by atoms with E-state index in [0.717, 1.165) is 54.3 Å². The minimum absolute atomic E-state index is 0.216. The molecule has 3 aromatic heterocycles. The molecule has 1 fully saturated rings. The molecule has 0 atom stereocenters. The van der Waals surface area contributed by atoms with Crippen molar-refractivity contribution >= 4 is 28.6 Å². The molecule has 9 heteroatoms. The number of piperidine rings is 1. The van der Waals surface area contributed by atoms with E-state index in [1.165, 1.54) is 0 Å². The number of nitrogens with zero attached hydrogens (tertiary/aromatic N) is 6. The van der Waals surface area contributed by atoms with Gasteiger partial charge >= 0.3 is 5.97 Å². The van der Waals surface area contributed by atoms with Crippen molar-refractivity contribution in [2.24, 2.45) is 7.05 Å². The molecule has 0 aliphatic carbocycles. The fourth-order valence-electron chi connectivity index (χ4n) is 3.81. The standard InChI is InChI=1S/C20H25N7O2/c1-4-29-19(28)15-12-23-18-16(13(2)25-26(18)3)17(15)24-14-6-10-27(11-7-14)20-21-8-5-9-22-20/h5,8-9,12,14H,4,6-7,10-11H2,1-3H3,(H,23,24). The van der Waals surface area contributed by atoms with Crippen molar-refractivity contribution in [3.8, 4) is 0 Å². The van der Waals surface area contributed by atoms with Gasteiger partial charge in [-0.1, -0.05) is 0 Å².